The zero-order chi connectivity index (χ0) is 17.8. The Hall–Kier alpha value is -1.85. The standard InChI is InChI=1S/C19H25ClN4O/c1-12(2)17(11-25)23-19-22-16(14-6-7-14)9-18(24-19)21-10-13-4-3-5-15(20)8-13/h3-5,8-9,12,14,17,25H,6-7,10-11H2,1-2H3,(H2,21,22,23,24)/t17-/m1/s1. The molecule has 0 amide bonds. The lowest BCUT2D eigenvalue weighted by atomic mass is 10.1. The quantitative estimate of drug-likeness (QED) is 0.662. The minimum absolute atomic E-state index is 0.0555. The molecule has 0 spiro atoms. The van der Waals surface area contributed by atoms with E-state index in [4.69, 9.17) is 11.6 Å². The van der Waals surface area contributed by atoms with Gasteiger partial charge < -0.3 is 15.7 Å². The van der Waals surface area contributed by atoms with Gasteiger partial charge in [0.1, 0.15) is 5.82 Å². The van der Waals surface area contributed by atoms with Crippen molar-refractivity contribution in [2.45, 2.75) is 45.2 Å². The first kappa shape index (κ1) is 18.0. The molecular formula is C19H25ClN4O. The Morgan fingerprint density at radius 2 is 2.04 bits per heavy atom. The second-order valence-electron chi connectivity index (χ2n) is 6.94. The molecule has 0 radical (unpaired) electrons. The lowest BCUT2D eigenvalue weighted by Gasteiger charge is -2.20. The molecule has 0 saturated heterocycles. The van der Waals surface area contributed by atoms with Gasteiger partial charge in [0.25, 0.3) is 0 Å². The van der Waals surface area contributed by atoms with Crippen LogP contribution < -0.4 is 10.6 Å². The van der Waals surface area contributed by atoms with Crippen molar-refractivity contribution in [2.24, 2.45) is 5.92 Å². The van der Waals surface area contributed by atoms with Crippen LogP contribution in [0.25, 0.3) is 0 Å². The lowest BCUT2D eigenvalue weighted by molar-refractivity contribution is 0.248. The number of aliphatic hydroxyl groups is 1. The van der Waals surface area contributed by atoms with Crippen molar-refractivity contribution in [3.8, 4) is 0 Å². The Morgan fingerprint density at radius 3 is 2.68 bits per heavy atom. The van der Waals surface area contributed by atoms with Crippen molar-refractivity contribution in [3.05, 3.63) is 46.6 Å². The van der Waals surface area contributed by atoms with Crippen LogP contribution in [0.3, 0.4) is 0 Å². The molecule has 25 heavy (non-hydrogen) atoms. The predicted molar refractivity (Wildman–Crippen MR) is 102 cm³/mol. The van der Waals surface area contributed by atoms with Crippen molar-refractivity contribution in [3.63, 3.8) is 0 Å². The second kappa shape index (κ2) is 8.02. The Kier molecular flexibility index (Phi) is 5.76. The Morgan fingerprint density at radius 1 is 1.24 bits per heavy atom. The van der Waals surface area contributed by atoms with E-state index in [1.165, 1.54) is 12.8 Å². The molecule has 1 aliphatic rings. The van der Waals surface area contributed by atoms with Crippen LogP contribution in [-0.2, 0) is 6.54 Å². The number of aromatic nitrogens is 2. The molecule has 1 aromatic carbocycles. The van der Waals surface area contributed by atoms with Crippen molar-refractivity contribution < 1.29 is 5.11 Å². The summed E-state index contributed by atoms with van der Waals surface area (Å²) in [4.78, 5) is 9.21. The van der Waals surface area contributed by atoms with E-state index in [2.05, 4.69) is 34.4 Å². The summed E-state index contributed by atoms with van der Waals surface area (Å²) in [5.41, 5.74) is 2.16. The zero-order valence-corrected chi connectivity index (χ0v) is 15.4. The molecular weight excluding hydrogens is 336 g/mol. The second-order valence-corrected chi connectivity index (χ2v) is 7.37. The maximum absolute atomic E-state index is 9.55. The van der Waals surface area contributed by atoms with Gasteiger partial charge in [0.2, 0.25) is 5.95 Å². The molecule has 1 fully saturated rings. The topological polar surface area (TPSA) is 70.1 Å². The van der Waals surface area contributed by atoms with Crippen molar-refractivity contribution >= 4 is 23.4 Å². The van der Waals surface area contributed by atoms with Gasteiger partial charge in [-0.25, -0.2) is 4.98 Å². The highest BCUT2D eigenvalue weighted by atomic mass is 35.5. The fourth-order valence-electron chi connectivity index (χ4n) is 2.64. The third-order valence-corrected chi connectivity index (χ3v) is 4.66. The average Bonchev–Trinajstić information content (AvgIpc) is 3.42. The van der Waals surface area contributed by atoms with Gasteiger partial charge in [-0.3, -0.25) is 0 Å². The van der Waals surface area contributed by atoms with Gasteiger partial charge in [0.05, 0.1) is 18.3 Å². The number of anilines is 2. The number of rotatable bonds is 8. The molecule has 0 bridgehead atoms. The van der Waals surface area contributed by atoms with Crippen LogP contribution >= 0.6 is 11.6 Å². The minimum atomic E-state index is -0.0600. The molecule has 6 heteroatoms. The summed E-state index contributed by atoms with van der Waals surface area (Å²) in [6.45, 7) is 4.84. The van der Waals surface area contributed by atoms with Gasteiger partial charge in [-0.1, -0.05) is 37.6 Å². The van der Waals surface area contributed by atoms with E-state index in [-0.39, 0.29) is 12.6 Å². The summed E-state index contributed by atoms with van der Waals surface area (Å²) >= 11 is 6.04. The first-order valence-electron chi connectivity index (χ1n) is 8.80. The van der Waals surface area contributed by atoms with Crippen LogP contribution in [-0.4, -0.2) is 27.7 Å². The predicted octanol–water partition coefficient (Wildman–Crippen LogP) is 4.05. The first-order chi connectivity index (χ1) is 12.0. The monoisotopic (exact) mass is 360 g/mol. The number of hydrogen-bond donors (Lipinski definition) is 3. The van der Waals surface area contributed by atoms with E-state index in [1.807, 2.05) is 30.3 Å². The Bertz CT molecular complexity index is 718. The maximum Gasteiger partial charge on any atom is 0.225 e. The number of benzene rings is 1. The summed E-state index contributed by atoms with van der Waals surface area (Å²) in [6, 6.07) is 9.74. The first-order valence-corrected chi connectivity index (χ1v) is 9.17. The SMILES string of the molecule is CC(C)[C@@H](CO)Nc1nc(NCc2cccc(Cl)c2)cc(C2CC2)n1. The highest BCUT2D eigenvalue weighted by Gasteiger charge is 2.26. The van der Waals surface area contributed by atoms with Crippen molar-refractivity contribution in [1.82, 2.24) is 9.97 Å². The number of hydrogen-bond acceptors (Lipinski definition) is 5. The normalized spacial score (nSPS) is 15.2. The summed E-state index contributed by atoms with van der Waals surface area (Å²) < 4.78 is 0. The molecule has 3 N–H and O–H groups in total. The molecule has 3 rings (SSSR count). The molecule has 5 nitrogen and oxygen atoms in total. The van der Waals surface area contributed by atoms with Crippen LogP contribution in [0.15, 0.2) is 30.3 Å². The van der Waals surface area contributed by atoms with Gasteiger partial charge in [-0.05, 0) is 36.5 Å². The highest BCUT2D eigenvalue weighted by molar-refractivity contribution is 6.30. The summed E-state index contributed by atoms with van der Waals surface area (Å²) in [6.07, 6.45) is 2.36. The average molecular weight is 361 g/mol. The number of halogens is 1. The lowest BCUT2D eigenvalue weighted by Crippen LogP contribution is -2.30. The van der Waals surface area contributed by atoms with Crippen LogP contribution in [0.5, 0.6) is 0 Å². The smallest absolute Gasteiger partial charge is 0.225 e. The van der Waals surface area contributed by atoms with Crippen LogP contribution in [0.1, 0.15) is 43.9 Å². The van der Waals surface area contributed by atoms with Gasteiger partial charge in [0.15, 0.2) is 0 Å². The zero-order valence-electron chi connectivity index (χ0n) is 14.7. The molecule has 0 aliphatic heterocycles. The molecule has 1 aromatic heterocycles. The van der Waals surface area contributed by atoms with Crippen LogP contribution in [0.2, 0.25) is 5.02 Å². The molecule has 1 aliphatic carbocycles. The van der Waals surface area contributed by atoms with E-state index in [1.54, 1.807) is 0 Å². The van der Waals surface area contributed by atoms with E-state index < -0.39 is 0 Å². The molecule has 1 atom stereocenters. The molecule has 0 unspecified atom stereocenters. The molecule has 134 valence electrons. The number of nitrogens with one attached hydrogen (secondary N) is 2. The molecule has 1 heterocycles. The molecule has 2 aromatic rings. The Balaban J connectivity index is 1.75. The Labute approximate surface area is 153 Å². The van der Waals surface area contributed by atoms with Gasteiger partial charge in [-0.15, -0.1) is 0 Å². The van der Waals surface area contributed by atoms with Crippen LogP contribution in [0, 0.1) is 5.92 Å². The third kappa shape index (κ3) is 5.06. The van der Waals surface area contributed by atoms with Gasteiger partial charge in [-0.2, -0.15) is 4.98 Å². The van der Waals surface area contributed by atoms with Crippen molar-refractivity contribution in [2.75, 3.05) is 17.2 Å². The number of nitrogens with zero attached hydrogens (tertiary/aromatic N) is 2. The van der Waals surface area contributed by atoms with E-state index >= 15 is 0 Å². The fraction of sp³-hybridized carbons (Fsp3) is 0.474. The van der Waals surface area contributed by atoms with E-state index in [0.29, 0.717) is 24.3 Å². The highest BCUT2D eigenvalue weighted by Crippen LogP contribution is 2.40. The molecule has 1 saturated carbocycles. The van der Waals surface area contributed by atoms with Gasteiger partial charge >= 0.3 is 0 Å². The van der Waals surface area contributed by atoms with Crippen molar-refractivity contribution in [1.29, 1.82) is 0 Å². The maximum atomic E-state index is 9.55. The van der Waals surface area contributed by atoms with E-state index in [0.717, 1.165) is 22.1 Å². The minimum Gasteiger partial charge on any atom is -0.394 e. The number of aliphatic hydroxyl groups excluding tert-OH is 1. The fourth-order valence-corrected chi connectivity index (χ4v) is 2.85. The third-order valence-electron chi connectivity index (χ3n) is 4.42. The largest absolute Gasteiger partial charge is 0.394 e. The van der Waals surface area contributed by atoms with Gasteiger partial charge in [0, 0.05) is 23.6 Å². The summed E-state index contributed by atoms with van der Waals surface area (Å²) in [7, 11) is 0. The summed E-state index contributed by atoms with van der Waals surface area (Å²) in [5, 5.41) is 16.9. The van der Waals surface area contributed by atoms with Crippen LogP contribution in [0.4, 0.5) is 11.8 Å². The summed E-state index contributed by atoms with van der Waals surface area (Å²) in [5.74, 6) is 2.19. The van der Waals surface area contributed by atoms with E-state index in [9.17, 15) is 5.11 Å².